The van der Waals surface area contributed by atoms with Crippen LogP contribution in [0.4, 0.5) is 0 Å². The van der Waals surface area contributed by atoms with Crippen molar-refractivity contribution in [3.05, 3.63) is 46.8 Å². The monoisotopic (exact) mass is 237 g/mol. The van der Waals surface area contributed by atoms with E-state index in [4.69, 9.17) is 16.3 Å². The van der Waals surface area contributed by atoms with Crippen molar-refractivity contribution >= 4 is 17.9 Å². The molecule has 0 atom stereocenters. The molecule has 1 aromatic carbocycles. The Hall–Kier alpha value is -1.81. The Kier molecular flexibility index (Phi) is 3.22. The number of ether oxygens (including phenoxy) is 1. The van der Waals surface area contributed by atoms with Gasteiger partial charge in [0.1, 0.15) is 30.6 Å². The average molecular weight is 238 g/mol. The van der Waals surface area contributed by atoms with Gasteiger partial charge in [-0.2, -0.15) is 0 Å². The minimum atomic E-state index is 0.274. The smallest absolute Gasteiger partial charge is 0.150 e. The summed E-state index contributed by atoms with van der Waals surface area (Å²) < 4.78 is 10.1. The maximum atomic E-state index is 10.5. The van der Waals surface area contributed by atoms with Gasteiger partial charge in [-0.3, -0.25) is 4.79 Å². The summed E-state index contributed by atoms with van der Waals surface area (Å²) in [7, 11) is 0. The van der Waals surface area contributed by atoms with Gasteiger partial charge in [-0.05, 0) is 18.2 Å². The van der Waals surface area contributed by atoms with Crippen molar-refractivity contribution in [2.24, 2.45) is 0 Å². The number of carbonyl (C=O) groups excluding carboxylic acids is 1. The number of rotatable bonds is 4. The fourth-order valence-electron chi connectivity index (χ4n) is 1.17. The zero-order valence-corrected chi connectivity index (χ0v) is 8.98. The van der Waals surface area contributed by atoms with Gasteiger partial charge in [-0.15, -0.1) is 0 Å². The minimum Gasteiger partial charge on any atom is -0.486 e. The zero-order valence-electron chi connectivity index (χ0n) is 8.22. The molecule has 0 radical (unpaired) electrons. The highest BCUT2D eigenvalue weighted by Gasteiger charge is 2.04. The number of aromatic nitrogens is 1. The molecule has 2 rings (SSSR count). The number of hydrogen-bond donors (Lipinski definition) is 0. The molecule has 16 heavy (non-hydrogen) atoms. The van der Waals surface area contributed by atoms with E-state index in [1.54, 1.807) is 24.3 Å². The van der Waals surface area contributed by atoms with Crippen LogP contribution in [0.15, 0.2) is 35.1 Å². The Morgan fingerprint density at radius 3 is 2.94 bits per heavy atom. The highest BCUT2D eigenvalue weighted by atomic mass is 35.5. The van der Waals surface area contributed by atoms with Gasteiger partial charge in [-0.25, -0.2) is 0 Å². The van der Waals surface area contributed by atoms with Crippen LogP contribution in [-0.2, 0) is 6.61 Å². The van der Waals surface area contributed by atoms with Crippen LogP contribution in [0.5, 0.6) is 5.75 Å². The lowest BCUT2D eigenvalue weighted by atomic mass is 10.2. The van der Waals surface area contributed by atoms with Crippen molar-refractivity contribution in [2.75, 3.05) is 0 Å². The molecule has 0 saturated carbocycles. The quantitative estimate of drug-likeness (QED) is 0.768. The van der Waals surface area contributed by atoms with E-state index in [0.29, 0.717) is 22.0 Å². The second kappa shape index (κ2) is 4.81. The molecule has 0 aliphatic rings. The first-order valence-electron chi connectivity index (χ1n) is 4.56. The first kappa shape index (κ1) is 10.7. The van der Waals surface area contributed by atoms with Gasteiger partial charge in [0, 0.05) is 11.6 Å². The lowest BCUT2D eigenvalue weighted by Crippen LogP contribution is -1.96. The third kappa shape index (κ3) is 2.41. The van der Waals surface area contributed by atoms with E-state index in [2.05, 4.69) is 9.68 Å². The fraction of sp³-hybridized carbons (Fsp3) is 0.0909. The van der Waals surface area contributed by atoms with Gasteiger partial charge in [0.05, 0.1) is 5.02 Å². The Labute approximate surface area is 96.8 Å². The zero-order chi connectivity index (χ0) is 11.4. The van der Waals surface area contributed by atoms with E-state index < -0.39 is 0 Å². The van der Waals surface area contributed by atoms with Gasteiger partial charge in [0.25, 0.3) is 0 Å². The number of nitrogens with zero attached hydrogens (tertiary/aromatic N) is 1. The first-order valence-corrected chi connectivity index (χ1v) is 4.94. The van der Waals surface area contributed by atoms with Crippen LogP contribution < -0.4 is 4.74 Å². The van der Waals surface area contributed by atoms with Crippen LogP contribution in [0.3, 0.4) is 0 Å². The minimum absolute atomic E-state index is 0.274. The number of carbonyl (C=O) groups is 1. The number of benzene rings is 1. The van der Waals surface area contributed by atoms with Crippen LogP contribution in [-0.4, -0.2) is 11.4 Å². The molecule has 0 N–H and O–H groups in total. The molecule has 5 heteroatoms. The summed E-state index contributed by atoms with van der Waals surface area (Å²) >= 11 is 5.92. The standard InChI is InChI=1S/C11H8ClNO3/c12-10-5-8(6-14)1-2-11(10)15-7-9-3-4-16-13-9/h1-6H,7H2. The molecule has 4 nitrogen and oxygen atoms in total. The van der Waals surface area contributed by atoms with Gasteiger partial charge in [0.2, 0.25) is 0 Å². The van der Waals surface area contributed by atoms with E-state index in [1.807, 2.05) is 0 Å². The second-order valence-electron chi connectivity index (χ2n) is 3.09. The summed E-state index contributed by atoms with van der Waals surface area (Å²) in [5, 5.41) is 4.09. The fourth-order valence-corrected chi connectivity index (χ4v) is 1.41. The number of halogens is 1. The normalized spacial score (nSPS) is 10.1. The van der Waals surface area contributed by atoms with Crippen molar-refractivity contribution in [1.29, 1.82) is 0 Å². The highest BCUT2D eigenvalue weighted by molar-refractivity contribution is 6.32. The van der Waals surface area contributed by atoms with Gasteiger partial charge < -0.3 is 9.26 Å². The molecule has 82 valence electrons. The van der Waals surface area contributed by atoms with E-state index >= 15 is 0 Å². The topological polar surface area (TPSA) is 52.3 Å². The molecular weight excluding hydrogens is 230 g/mol. The maximum absolute atomic E-state index is 10.5. The van der Waals surface area contributed by atoms with Gasteiger partial charge >= 0.3 is 0 Å². The average Bonchev–Trinajstić information content (AvgIpc) is 2.80. The SMILES string of the molecule is O=Cc1ccc(OCc2ccon2)c(Cl)c1. The van der Waals surface area contributed by atoms with E-state index in [1.165, 1.54) is 6.26 Å². The molecule has 0 bridgehead atoms. The van der Waals surface area contributed by atoms with Crippen LogP contribution in [0.2, 0.25) is 5.02 Å². The number of aldehydes is 1. The largest absolute Gasteiger partial charge is 0.486 e. The maximum Gasteiger partial charge on any atom is 0.150 e. The Morgan fingerprint density at radius 2 is 2.31 bits per heavy atom. The molecule has 0 saturated heterocycles. The highest BCUT2D eigenvalue weighted by Crippen LogP contribution is 2.25. The summed E-state index contributed by atoms with van der Waals surface area (Å²) in [6.45, 7) is 0.274. The molecule has 0 fully saturated rings. The third-order valence-electron chi connectivity index (χ3n) is 1.96. The van der Waals surface area contributed by atoms with Gasteiger partial charge in [0.15, 0.2) is 0 Å². The summed E-state index contributed by atoms with van der Waals surface area (Å²) in [6, 6.07) is 6.53. The van der Waals surface area contributed by atoms with Crippen molar-refractivity contribution in [1.82, 2.24) is 5.16 Å². The van der Waals surface area contributed by atoms with E-state index in [-0.39, 0.29) is 6.61 Å². The lowest BCUT2D eigenvalue weighted by Gasteiger charge is -2.06. The van der Waals surface area contributed by atoms with Crippen LogP contribution in [0.25, 0.3) is 0 Å². The van der Waals surface area contributed by atoms with E-state index in [0.717, 1.165) is 6.29 Å². The summed E-state index contributed by atoms with van der Waals surface area (Å²) in [5.41, 5.74) is 1.19. The van der Waals surface area contributed by atoms with Crippen molar-refractivity contribution < 1.29 is 14.1 Å². The first-order chi connectivity index (χ1) is 7.79. The molecule has 0 amide bonds. The predicted molar refractivity (Wildman–Crippen MR) is 57.7 cm³/mol. The second-order valence-corrected chi connectivity index (χ2v) is 3.49. The van der Waals surface area contributed by atoms with Crippen molar-refractivity contribution in [2.45, 2.75) is 6.61 Å². The lowest BCUT2D eigenvalue weighted by molar-refractivity contribution is 0.112. The number of hydrogen-bond acceptors (Lipinski definition) is 4. The van der Waals surface area contributed by atoms with Crippen molar-refractivity contribution in [3.63, 3.8) is 0 Å². The van der Waals surface area contributed by atoms with E-state index in [9.17, 15) is 4.79 Å². The van der Waals surface area contributed by atoms with Crippen molar-refractivity contribution in [3.8, 4) is 5.75 Å². The molecular formula is C11H8ClNO3. The predicted octanol–water partition coefficient (Wildman–Crippen LogP) is 2.72. The Morgan fingerprint density at radius 1 is 1.44 bits per heavy atom. The molecule has 0 aliphatic heterocycles. The third-order valence-corrected chi connectivity index (χ3v) is 2.25. The molecule has 0 spiro atoms. The van der Waals surface area contributed by atoms with Crippen LogP contribution in [0.1, 0.15) is 16.1 Å². The summed E-state index contributed by atoms with van der Waals surface area (Å²) in [5.74, 6) is 0.510. The molecule has 1 aromatic heterocycles. The molecule has 0 aliphatic carbocycles. The molecule has 0 unspecified atom stereocenters. The van der Waals surface area contributed by atoms with Crippen LogP contribution >= 0.6 is 11.6 Å². The Balaban J connectivity index is 2.07. The van der Waals surface area contributed by atoms with Crippen LogP contribution in [0, 0.1) is 0 Å². The van der Waals surface area contributed by atoms with Gasteiger partial charge in [-0.1, -0.05) is 16.8 Å². The Bertz CT molecular complexity index is 482. The summed E-state index contributed by atoms with van der Waals surface area (Å²) in [6.07, 6.45) is 2.20. The molecule has 1 heterocycles. The summed E-state index contributed by atoms with van der Waals surface area (Å²) in [4.78, 5) is 10.5. The molecule has 2 aromatic rings.